The van der Waals surface area contributed by atoms with Gasteiger partial charge in [-0.25, -0.2) is 14.3 Å². The molecule has 0 N–H and O–H groups in total. The molecule has 0 saturated heterocycles. The zero-order valence-corrected chi connectivity index (χ0v) is 17.7. The minimum absolute atomic E-state index is 0.115. The van der Waals surface area contributed by atoms with Crippen molar-refractivity contribution in [2.24, 2.45) is 5.92 Å². The molecule has 0 aliphatic heterocycles. The van der Waals surface area contributed by atoms with Crippen molar-refractivity contribution in [3.8, 4) is 11.8 Å². The van der Waals surface area contributed by atoms with Crippen molar-refractivity contribution in [3.05, 3.63) is 92.4 Å². The third-order valence-electron chi connectivity index (χ3n) is 5.28. The Kier molecular flexibility index (Phi) is 5.30. The zero-order valence-electron chi connectivity index (χ0n) is 17.7. The van der Waals surface area contributed by atoms with E-state index in [0.717, 1.165) is 11.1 Å². The van der Waals surface area contributed by atoms with Gasteiger partial charge in [0.25, 0.3) is 5.56 Å². The summed E-state index contributed by atoms with van der Waals surface area (Å²) in [6.07, 6.45) is 1.56. The van der Waals surface area contributed by atoms with Crippen LogP contribution in [-0.4, -0.2) is 18.7 Å². The maximum atomic E-state index is 13.4. The van der Waals surface area contributed by atoms with Crippen LogP contribution in [0.2, 0.25) is 0 Å². The monoisotopic (exact) mass is 413 g/mol. The molecule has 0 spiro atoms. The lowest BCUT2D eigenvalue weighted by Crippen LogP contribution is -2.41. The molecule has 2 heterocycles. The predicted octanol–water partition coefficient (Wildman–Crippen LogP) is 3.23. The van der Waals surface area contributed by atoms with E-state index in [1.54, 1.807) is 23.0 Å². The standard InChI is InChI=1S/C24H23N5O2/c1-16(2)13-28-23(30)21-22(29(24(28)31)20-11-7-4-8-17(20)3)26-15-27(21)14-19-10-6-5-9-18(19)12-25/h4-11,15-16H,13-14H2,1-3H3. The van der Waals surface area contributed by atoms with E-state index in [-0.39, 0.29) is 11.5 Å². The second-order valence-corrected chi connectivity index (χ2v) is 8.03. The van der Waals surface area contributed by atoms with Crippen molar-refractivity contribution in [2.75, 3.05) is 0 Å². The average Bonchev–Trinajstić information content (AvgIpc) is 3.16. The minimum Gasteiger partial charge on any atom is -0.320 e. The van der Waals surface area contributed by atoms with Gasteiger partial charge >= 0.3 is 5.69 Å². The van der Waals surface area contributed by atoms with E-state index in [0.29, 0.717) is 35.5 Å². The van der Waals surface area contributed by atoms with Crippen molar-refractivity contribution in [1.82, 2.24) is 18.7 Å². The van der Waals surface area contributed by atoms with Gasteiger partial charge in [0.2, 0.25) is 0 Å². The summed E-state index contributed by atoms with van der Waals surface area (Å²) >= 11 is 0. The largest absolute Gasteiger partial charge is 0.337 e. The first-order chi connectivity index (χ1) is 14.9. The number of imidazole rings is 1. The van der Waals surface area contributed by atoms with Gasteiger partial charge in [0.05, 0.1) is 30.2 Å². The zero-order chi connectivity index (χ0) is 22.1. The number of aryl methyl sites for hydroxylation is 1. The molecule has 2 aromatic carbocycles. The molecule has 156 valence electrons. The summed E-state index contributed by atoms with van der Waals surface area (Å²) in [7, 11) is 0. The molecule has 0 bridgehead atoms. The molecule has 0 fully saturated rings. The second-order valence-electron chi connectivity index (χ2n) is 8.03. The molecule has 0 aliphatic rings. The van der Waals surface area contributed by atoms with Crippen molar-refractivity contribution in [3.63, 3.8) is 0 Å². The predicted molar refractivity (Wildman–Crippen MR) is 119 cm³/mol. The Labute approximate surface area is 179 Å². The molecule has 31 heavy (non-hydrogen) atoms. The van der Waals surface area contributed by atoms with E-state index in [2.05, 4.69) is 11.1 Å². The summed E-state index contributed by atoms with van der Waals surface area (Å²) < 4.78 is 4.52. The van der Waals surface area contributed by atoms with Gasteiger partial charge < -0.3 is 4.57 Å². The van der Waals surface area contributed by atoms with E-state index in [9.17, 15) is 14.9 Å². The molecule has 0 radical (unpaired) electrons. The molecular formula is C24H23N5O2. The number of hydrogen-bond acceptors (Lipinski definition) is 4. The number of hydrogen-bond donors (Lipinski definition) is 0. The van der Waals surface area contributed by atoms with Crippen LogP contribution in [0.4, 0.5) is 0 Å². The maximum Gasteiger partial charge on any atom is 0.337 e. The maximum absolute atomic E-state index is 13.4. The van der Waals surface area contributed by atoms with Crippen molar-refractivity contribution >= 4 is 11.2 Å². The van der Waals surface area contributed by atoms with Gasteiger partial charge in [-0.05, 0) is 36.1 Å². The summed E-state index contributed by atoms with van der Waals surface area (Å²) in [5.74, 6) is 0.115. The Morgan fingerprint density at radius 1 is 1.06 bits per heavy atom. The Balaban J connectivity index is 2.03. The van der Waals surface area contributed by atoms with Crippen LogP contribution in [0.5, 0.6) is 0 Å². The Hall–Kier alpha value is -3.92. The summed E-state index contributed by atoms with van der Waals surface area (Å²) in [6, 6.07) is 17.0. The fraction of sp³-hybridized carbons (Fsp3) is 0.250. The quantitative estimate of drug-likeness (QED) is 0.503. The van der Waals surface area contributed by atoms with Gasteiger partial charge in [-0.3, -0.25) is 9.36 Å². The van der Waals surface area contributed by atoms with Crippen LogP contribution >= 0.6 is 0 Å². The number of fused-ring (bicyclic) bond motifs is 1. The van der Waals surface area contributed by atoms with Gasteiger partial charge in [0.15, 0.2) is 11.2 Å². The number of nitrogens with zero attached hydrogens (tertiary/aromatic N) is 5. The number of para-hydroxylation sites is 1. The molecule has 4 rings (SSSR count). The van der Waals surface area contributed by atoms with Crippen LogP contribution < -0.4 is 11.2 Å². The third kappa shape index (κ3) is 3.57. The van der Waals surface area contributed by atoms with E-state index in [1.807, 2.05) is 57.2 Å². The van der Waals surface area contributed by atoms with Gasteiger partial charge in [0.1, 0.15) is 0 Å². The first-order valence-electron chi connectivity index (χ1n) is 10.2. The summed E-state index contributed by atoms with van der Waals surface area (Å²) in [5.41, 5.74) is 2.82. The number of aromatic nitrogens is 4. The SMILES string of the molecule is Cc1ccccc1-n1c(=O)n(CC(C)C)c(=O)c2c1ncn2Cc1ccccc1C#N. The van der Waals surface area contributed by atoms with Gasteiger partial charge in [-0.1, -0.05) is 50.2 Å². The first kappa shape index (κ1) is 20.4. The highest BCUT2D eigenvalue weighted by Crippen LogP contribution is 2.18. The summed E-state index contributed by atoms with van der Waals surface area (Å²) in [6.45, 7) is 6.47. The van der Waals surface area contributed by atoms with Crippen LogP contribution in [-0.2, 0) is 13.1 Å². The Morgan fingerprint density at radius 2 is 1.77 bits per heavy atom. The molecule has 4 aromatic rings. The molecule has 7 heteroatoms. The van der Waals surface area contributed by atoms with E-state index in [4.69, 9.17) is 0 Å². The molecular weight excluding hydrogens is 390 g/mol. The van der Waals surface area contributed by atoms with Crippen LogP contribution in [0.25, 0.3) is 16.9 Å². The highest BCUT2D eigenvalue weighted by Gasteiger charge is 2.21. The van der Waals surface area contributed by atoms with E-state index < -0.39 is 5.69 Å². The lowest BCUT2D eigenvalue weighted by Gasteiger charge is -2.15. The van der Waals surface area contributed by atoms with Crippen LogP contribution in [0, 0.1) is 24.2 Å². The number of benzene rings is 2. The van der Waals surface area contributed by atoms with E-state index >= 15 is 0 Å². The summed E-state index contributed by atoms with van der Waals surface area (Å²) in [4.78, 5) is 31.3. The normalized spacial score (nSPS) is 11.2. The highest BCUT2D eigenvalue weighted by molar-refractivity contribution is 5.73. The molecule has 0 atom stereocenters. The average molecular weight is 413 g/mol. The van der Waals surface area contributed by atoms with Crippen LogP contribution in [0.3, 0.4) is 0 Å². The molecule has 0 amide bonds. The third-order valence-corrected chi connectivity index (χ3v) is 5.28. The fourth-order valence-corrected chi connectivity index (χ4v) is 3.81. The highest BCUT2D eigenvalue weighted by atomic mass is 16.2. The molecule has 0 unspecified atom stereocenters. The van der Waals surface area contributed by atoms with Gasteiger partial charge in [-0.2, -0.15) is 5.26 Å². The van der Waals surface area contributed by atoms with Crippen molar-refractivity contribution in [1.29, 1.82) is 5.26 Å². The Bertz CT molecular complexity index is 1430. The number of nitriles is 1. The second kappa shape index (κ2) is 8.07. The lowest BCUT2D eigenvalue weighted by atomic mass is 10.1. The minimum atomic E-state index is -0.400. The summed E-state index contributed by atoms with van der Waals surface area (Å²) in [5, 5.41) is 9.43. The molecule has 2 aromatic heterocycles. The van der Waals surface area contributed by atoms with Gasteiger partial charge in [0, 0.05) is 6.54 Å². The smallest absolute Gasteiger partial charge is 0.320 e. The molecule has 0 saturated carbocycles. The Morgan fingerprint density at radius 3 is 2.48 bits per heavy atom. The van der Waals surface area contributed by atoms with Crippen molar-refractivity contribution in [2.45, 2.75) is 33.9 Å². The fourth-order valence-electron chi connectivity index (χ4n) is 3.81. The molecule has 0 aliphatic carbocycles. The lowest BCUT2D eigenvalue weighted by molar-refractivity contribution is 0.488. The van der Waals surface area contributed by atoms with Crippen LogP contribution in [0.1, 0.15) is 30.5 Å². The van der Waals surface area contributed by atoms with Crippen LogP contribution in [0.15, 0.2) is 64.4 Å². The number of rotatable bonds is 5. The van der Waals surface area contributed by atoms with E-state index in [1.165, 1.54) is 9.13 Å². The topological polar surface area (TPSA) is 85.6 Å². The van der Waals surface area contributed by atoms with Crippen molar-refractivity contribution < 1.29 is 0 Å². The molecule has 7 nitrogen and oxygen atoms in total. The first-order valence-corrected chi connectivity index (χ1v) is 10.2. The van der Waals surface area contributed by atoms with Gasteiger partial charge in [-0.15, -0.1) is 0 Å².